The molecule has 0 saturated carbocycles. The van der Waals surface area contributed by atoms with Gasteiger partial charge in [0.2, 0.25) is 0 Å². The number of rotatable bonds is 8. The monoisotopic (exact) mass is 402 g/mol. The minimum absolute atomic E-state index is 0.122. The molecule has 8 heteroatoms. The van der Waals surface area contributed by atoms with E-state index < -0.39 is 0 Å². The van der Waals surface area contributed by atoms with Crippen molar-refractivity contribution in [3.8, 4) is 33.9 Å². The molecule has 5 N–H and O–H groups in total. The first-order chi connectivity index (χ1) is 14.6. The van der Waals surface area contributed by atoms with Crippen molar-refractivity contribution >= 4 is 0 Å². The summed E-state index contributed by atoms with van der Waals surface area (Å²) in [7, 11) is 0. The molecular formula is C22H26N8. The van der Waals surface area contributed by atoms with Crippen LogP contribution in [0.5, 0.6) is 0 Å². The number of aromatic nitrogens is 6. The maximum absolute atomic E-state index is 5.87. The number of hydrogen-bond donors (Lipinski definition) is 4. The topological polar surface area (TPSA) is 121 Å². The van der Waals surface area contributed by atoms with Gasteiger partial charge in [-0.25, -0.2) is 19.9 Å². The second kappa shape index (κ2) is 8.98. The van der Waals surface area contributed by atoms with E-state index in [0.29, 0.717) is 5.82 Å². The second-order valence-electron chi connectivity index (χ2n) is 7.26. The lowest BCUT2D eigenvalue weighted by Gasteiger charge is -2.04. The molecule has 0 aliphatic rings. The highest BCUT2D eigenvalue weighted by molar-refractivity contribution is 5.66. The third-order valence-electron chi connectivity index (χ3n) is 4.79. The molecule has 30 heavy (non-hydrogen) atoms. The van der Waals surface area contributed by atoms with Crippen molar-refractivity contribution in [3.63, 3.8) is 0 Å². The summed E-state index contributed by atoms with van der Waals surface area (Å²) in [4.78, 5) is 24.3. The molecule has 0 amide bonds. The molecule has 4 aromatic rings. The van der Waals surface area contributed by atoms with Crippen LogP contribution in [0.15, 0.2) is 49.1 Å². The Hall–Kier alpha value is -3.36. The van der Waals surface area contributed by atoms with Crippen LogP contribution in [0.4, 0.5) is 0 Å². The predicted molar refractivity (Wildman–Crippen MR) is 117 cm³/mol. The van der Waals surface area contributed by atoms with Crippen molar-refractivity contribution in [2.24, 2.45) is 5.73 Å². The van der Waals surface area contributed by atoms with E-state index in [2.05, 4.69) is 42.1 Å². The molecule has 0 unspecified atom stereocenters. The van der Waals surface area contributed by atoms with Crippen LogP contribution in [0, 0.1) is 0 Å². The lowest BCUT2D eigenvalue weighted by Crippen LogP contribution is -2.14. The molecule has 154 valence electrons. The quantitative estimate of drug-likeness (QED) is 0.335. The molecule has 0 aliphatic heterocycles. The molecule has 3 heterocycles. The van der Waals surface area contributed by atoms with Gasteiger partial charge in [-0.2, -0.15) is 0 Å². The lowest BCUT2D eigenvalue weighted by atomic mass is 10.1. The zero-order chi connectivity index (χ0) is 20.9. The lowest BCUT2D eigenvalue weighted by molar-refractivity contribution is 0.655. The van der Waals surface area contributed by atoms with Crippen LogP contribution >= 0.6 is 0 Å². The fraction of sp³-hybridized carbons (Fsp3) is 0.273. The van der Waals surface area contributed by atoms with Crippen molar-refractivity contribution < 1.29 is 0 Å². The zero-order valence-corrected chi connectivity index (χ0v) is 17.2. The van der Waals surface area contributed by atoms with Crippen LogP contribution in [-0.2, 0) is 6.54 Å². The van der Waals surface area contributed by atoms with Gasteiger partial charge in [-0.15, -0.1) is 0 Å². The number of hydrogen-bond acceptors (Lipinski definition) is 6. The van der Waals surface area contributed by atoms with Gasteiger partial charge in [-0.3, -0.25) is 0 Å². The molecule has 0 spiro atoms. The number of H-pyrrole nitrogens is 2. The van der Waals surface area contributed by atoms with Crippen molar-refractivity contribution in [2.75, 3.05) is 6.54 Å². The van der Waals surface area contributed by atoms with E-state index in [4.69, 9.17) is 5.73 Å². The molecular weight excluding hydrogens is 376 g/mol. The molecule has 1 atom stereocenters. The number of benzene rings is 1. The first kappa shape index (κ1) is 19.9. The second-order valence-corrected chi connectivity index (χ2v) is 7.26. The van der Waals surface area contributed by atoms with E-state index in [9.17, 15) is 0 Å². The highest BCUT2D eigenvalue weighted by atomic mass is 15.0. The summed E-state index contributed by atoms with van der Waals surface area (Å²) in [5, 5.41) is 3.33. The van der Waals surface area contributed by atoms with E-state index in [1.807, 2.05) is 49.8 Å². The van der Waals surface area contributed by atoms with Crippen molar-refractivity contribution in [1.29, 1.82) is 0 Å². The molecule has 4 rings (SSSR count). The van der Waals surface area contributed by atoms with E-state index >= 15 is 0 Å². The summed E-state index contributed by atoms with van der Waals surface area (Å²) in [5.74, 6) is 2.36. The first-order valence-corrected chi connectivity index (χ1v) is 10.1. The fourth-order valence-corrected chi connectivity index (χ4v) is 3.11. The average molecular weight is 403 g/mol. The Morgan fingerprint density at radius 3 is 2.20 bits per heavy atom. The maximum atomic E-state index is 5.87. The zero-order valence-electron chi connectivity index (χ0n) is 17.2. The number of aromatic amines is 2. The van der Waals surface area contributed by atoms with Gasteiger partial charge in [0, 0.05) is 23.5 Å². The molecule has 0 aliphatic carbocycles. The largest absolute Gasteiger partial charge is 0.341 e. The van der Waals surface area contributed by atoms with Gasteiger partial charge in [0.1, 0.15) is 11.6 Å². The Morgan fingerprint density at radius 2 is 1.53 bits per heavy atom. The summed E-state index contributed by atoms with van der Waals surface area (Å²) >= 11 is 0. The molecule has 0 bridgehead atoms. The summed E-state index contributed by atoms with van der Waals surface area (Å²) in [6, 6.07) is 7.93. The Morgan fingerprint density at radius 1 is 0.867 bits per heavy atom. The molecule has 8 nitrogen and oxygen atoms in total. The number of nitrogens with two attached hydrogens (primary N) is 1. The first-order valence-electron chi connectivity index (χ1n) is 10.1. The Labute approximate surface area is 175 Å². The predicted octanol–water partition coefficient (Wildman–Crippen LogP) is 3.44. The van der Waals surface area contributed by atoms with E-state index in [-0.39, 0.29) is 6.04 Å². The van der Waals surface area contributed by atoms with Gasteiger partial charge >= 0.3 is 0 Å². The fourth-order valence-electron chi connectivity index (χ4n) is 3.11. The van der Waals surface area contributed by atoms with Crippen LogP contribution in [0.2, 0.25) is 0 Å². The number of nitrogens with one attached hydrogen (secondary N) is 3. The Bertz CT molecular complexity index is 1080. The van der Waals surface area contributed by atoms with Crippen molar-refractivity contribution in [3.05, 3.63) is 60.7 Å². The maximum Gasteiger partial charge on any atom is 0.159 e. The summed E-state index contributed by atoms with van der Waals surface area (Å²) in [5.41, 5.74) is 10.6. The third-order valence-corrected chi connectivity index (χ3v) is 4.79. The number of imidazole rings is 2. The molecule has 1 aromatic carbocycles. The summed E-state index contributed by atoms with van der Waals surface area (Å²) < 4.78 is 0. The van der Waals surface area contributed by atoms with Gasteiger partial charge in [-0.05, 0) is 25.5 Å². The van der Waals surface area contributed by atoms with Gasteiger partial charge in [0.05, 0.1) is 36.4 Å². The van der Waals surface area contributed by atoms with E-state index in [0.717, 1.165) is 59.2 Å². The Balaban J connectivity index is 1.46. The van der Waals surface area contributed by atoms with Crippen molar-refractivity contribution in [1.82, 2.24) is 35.2 Å². The van der Waals surface area contributed by atoms with Crippen LogP contribution in [0.1, 0.15) is 38.0 Å². The number of nitrogens with zero attached hydrogens (tertiary/aromatic N) is 4. The van der Waals surface area contributed by atoms with Crippen LogP contribution in [0.3, 0.4) is 0 Å². The summed E-state index contributed by atoms with van der Waals surface area (Å²) in [6.45, 7) is 5.74. The van der Waals surface area contributed by atoms with Crippen LogP contribution in [0.25, 0.3) is 33.9 Å². The van der Waals surface area contributed by atoms with Crippen molar-refractivity contribution in [2.45, 2.75) is 32.9 Å². The van der Waals surface area contributed by atoms with Crippen LogP contribution in [-0.4, -0.2) is 36.4 Å². The van der Waals surface area contributed by atoms with Gasteiger partial charge in [0.25, 0.3) is 0 Å². The molecule has 0 saturated heterocycles. The third kappa shape index (κ3) is 4.45. The smallest absolute Gasteiger partial charge is 0.159 e. The minimum Gasteiger partial charge on any atom is -0.341 e. The minimum atomic E-state index is -0.122. The highest BCUT2D eigenvalue weighted by Crippen LogP contribution is 2.23. The highest BCUT2D eigenvalue weighted by Gasteiger charge is 2.09. The molecule has 0 radical (unpaired) electrons. The molecule has 3 aromatic heterocycles. The van der Waals surface area contributed by atoms with E-state index in [1.54, 1.807) is 6.20 Å². The SMILES string of the molecule is CCCNCc1ncc(-c2cnc(-c3ccc(-c4cnc([C@H](C)N)[nH]4)cc3)nc2)[nH]1. The standard InChI is InChI=1S/C22H26N8/c1-3-8-24-13-20-25-11-19(29-20)17-9-26-22(27-10-17)16-6-4-15(5-7-16)18-12-28-21(30-18)14(2)23/h4-7,9-12,14,24H,3,8,13,23H2,1-2H3,(H,25,29)(H,28,30)/t14-/m0/s1. The van der Waals surface area contributed by atoms with Gasteiger partial charge in [0.15, 0.2) is 5.82 Å². The van der Waals surface area contributed by atoms with Gasteiger partial charge in [-0.1, -0.05) is 31.2 Å². The summed E-state index contributed by atoms with van der Waals surface area (Å²) in [6.07, 6.45) is 8.35. The molecule has 0 fully saturated rings. The van der Waals surface area contributed by atoms with E-state index in [1.165, 1.54) is 0 Å². The Kier molecular flexibility index (Phi) is 5.97. The average Bonchev–Trinajstić information content (AvgIpc) is 3.45. The normalized spacial score (nSPS) is 12.2. The van der Waals surface area contributed by atoms with Gasteiger partial charge < -0.3 is 21.0 Å². The van der Waals surface area contributed by atoms with Crippen LogP contribution < -0.4 is 11.1 Å².